The van der Waals surface area contributed by atoms with Gasteiger partial charge in [-0.3, -0.25) is 0 Å². The van der Waals surface area contributed by atoms with Gasteiger partial charge in [0.15, 0.2) is 0 Å². The van der Waals surface area contributed by atoms with Crippen LogP contribution in [0.4, 0.5) is 0 Å². The number of esters is 1. The fraction of sp³-hybridized carbons (Fsp3) is 0.500. The molecule has 1 heterocycles. The van der Waals surface area contributed by atoms with Crippen molar-refractivity contribution in [3.05, 3.63) is 30.4 Å². The Balaban J connectivity index is 2.59. The van der Waals surface area contributed by atoms with E-state index in [4.69, 9.17) is 4.74 Å². The molecule has 0 spiro atoms. The van der Waals surface area contributed by atoms with Gasteiger partial charge in [0.25, 0.3) is 0 Å². The van der Waals surface area contributed by atoms with Gasteiger partial charge in [-0.1, -0.05) is 13.5 Å². The number of hydrogen-bond acceptors (Lipinski definition) is 3. The molecule has 1 aromatic heterocycles. The van der Waals surface area contributed by atoms with Crippen molar-refractivity contribution in [2.24, 2.45) is 0 Å². The summed E-state index contributed by atoms with van der Waals surface area (Å²) in [6, 6.07) is 0. The molecule has 4 nitrogen and oxygen atoms in total. The first-order valence-corrected chi connectivity index (χ1v) is 5.38. The largest absolute Gasteiger partial charge is 0.457 e. The summed E-state index contributed by atoms with van der Waals surface area (Å²) in [5, 5.41) is 0. The Labute approximate surface area is 95.9 Å². The number of carbonyl (C=O) groups is 1. The summed E-state index contributed by atoms with van der Waals surface area (Å²) in [7, 11) is 0. The molecule has 0 amide bonds. The number of imidazole rings is 1. The molecule has 0 radical (unpaired) electrons. The monoisotopic (exact) mass is 222 g/mol. The first kappa shape index (κ1) is 12.5. The van der Waals surface area contributed by atoms with Crippen LogP contribution in [0.15, 0.2) is 24.5 Å². The Hall–Kier alpha value is -1.58. The molecule has 0 aliphatic heterocycles. The Morgan fingerprint density at radius 1 is 1.69 bits per heavy atom. The van der Waals surface area contributed by atoms with Gasteiger partial charge < -0.3 is 9.30 Å². The number of nitrogens with zero attached hydrogens (tertiary/aromatic N) is 2. The maximum absolute atomic E-state index is 11.4. The third-order valence-corrected chi connectivity index (χ3v) is 2.40. The summed E-state index contributed by atoms with van der Waals surface area (Å²) in [4.78, 5) is 15.5. The van der Waals surface area contributed by atoms with Crippen molar-refractivity contribution in [1.82, 2.24) is 9.55 Å². The fourth-order valence-corrected chi connectivity index (χ4v) is 1.32. The van der Waals surface area contributed by atoms with E-state index in [0.717, 1.165) is 12.2 Å². The molecule has 1 unspecified atom stereocenters. The van der Waals surface area contributed by atoms with Gasteiger partial charge in [-0.25, -0.2) is 9.78 Å². The number of aromatic nitrogens is 2. The van der Waals surface area contributed by atoms with Crippen LogP contribution >= 0.6 is 0 Å². The highest BCUT2D eigenvalue weighted by Crippen LogP contribution is 2.07. The molecular weight excluding hydrogens is 204 g/mol. The average molecular weight is 222 g/mol. The van der Waals surface area contributed by atoms with Crippen LogP contribution in [0.1, 0.15) is 26.1 Å². The Morgan fingerprint density at radius 3 is 2.81 bits per heavy atom. The third kappa shape index (κ3) is 3.22. The van der Waals surface area contributed by atoms with Gasteiger partial charge in [0.2, 0.25) is 0 Å². The lowest BCUT2D eigenvalue weighted by Crippen LogP contribution is -2.23. The van der Waals surface area contributed by atoms with Gasteiger partial charge in [0.1, 0.15) is 11.9 Å². The molecule has 0 saturated heterocycles. The minimum Gasteiger partial charge on any atom is -0.457 e. The SMILES string of the molecule is C=C(C)C(=O)OC(CC)Cn1ccnc1C. The second-order valence-electron chi connectivity index (χ2n) is 3.84. The second kappa shape index (κ2) is 5.49. The van der Waals surface area contributed by atoms with Crippen LogP contribution in [0.3, 0.4) is 0 Å². The topological polar surface area (TPSA) is 44.1 Å². The van der Waals surface area contributed by atoms with E-state index in [1.165, 1.54) is 0 Å². The van der Waals surface area contributed by atoms with Crippen LogP contribution in [-0.4, -0.2) is 21.6 Å². The normalized spacial score (nSPS) is 12.2. The predicted octanol–water partition coefficient (Wildman–Crippen LogP) is 2.09. The molecule has 1 atom stereocenters. The van der Waals surface area contributed by atoms with Gasteiger partial charge in [0.05, 0.1) is 6.54 Å². The molecule has 88 valence electrons. The van der Waals surface area contributed by atoms with E-state index in [-0.39, 0.29) is 12.1 Å². The van der Waals surface area contributed by atoms with Crippen LogP contribution in [-0.2, 0) is 16.1 Å². The predicted molar refractivity (Wildman–Crippen MR) is 61.9 cm³/mol. The summed E-state index contributed by atoms with van der Waals surface area (Å²) >= 11 is 0. The van der Waals surface area contributed by atoms with E-state index in [9.17, 15) is 4.79 Å². The maximum atomic E-state index is 11.4. The first-order chi connectivity index (χ1) is 7.54. The molecule has 0 bridgehead atoms. The lowest BCUT2D eigenvalue weighted by Gasteiger charge is -2.17. The summed E-state index contributed by atoms with van der Waals surface area (Å²) in [5.74, 6) is 0.592. The minimum atomic E-state index is -0.329. The van der Waals surface area contributed by atoms with Crippen molar-refractivity contribution >= 4 is 5.97 Å². The van der Waals surface area contributed by atoms with E-state index >= 15 is 0 Å². The van der Waals surface area contributed by atoms with Crippen LogP contribution in [0.2, 0.25) is 0 Å². The van der Waals surface area contributed by atoms with E-state index < -0.39 is 0 Å². The number of ether oxygens (including phenoxy) is 1. The lowest BCUT2D eigenvalue weighted by atomic mass is 10.2. The molecule has 0 aliphatic rings. The second-order valence-corrected chi connectivity index (χ2v) is 3.84. The highest BCUT2D eigenvalue weighted by atomic mass is 16.5. The van der Waals surface area contributed by atoms with Crippen molar-refractivity contribution < 1.29 is 9.53 Å². The molecule has 0 N–H and O–H groups in total. The van der Waals surface area contributed by atoms with Crippen molar-refractivity contribution in [2.75, 3.05) is 0 Å². The molecular formula is C12H18N2O2. The zero-order valence-electron chi connectivity index (χ0n) is 10.1. The number of hydrogen-bond donors (Lipinski definition) is 0. The van der Waals surface area contributed by atoms with E-state index in [2.05, 4.69) is 11.6 Å². The first-order valence-electron chi connectivity index (χ1n) is 5.38. The van der Waals surface area contributed by atoms with Gasteiger partial charge in [0, 0.05) is 18.0 Å². The minimum absolute atomic E-state index is 0.128. The molecule has 0 fully saturated rings. The molecule has 1 rings (SSSR count). The number of carbonyl (C=O) groups excluding carboxylic acids is 1. The van der Waals surface area contributed by atoms with Crippen LogP contribution in [0.25, 0.3) is 0 Å². The number of rotatable bonds is 5. The molecule has 0 aliphatic carbocycles. The van der Waals surface area contributed by atoms with Crippen molar-refractivity contribution in [1.29, 1.82) is 0 Å². The van der Waals surface area contributed by atoms with E-state index in [1.807, 2.05) is 24.6 Å². The van der Waals surface area contributed by atoms with Gasteiger partial charge >= 0.3 is 5.97 Å². The molecule has 0 aromatic carbocycles. The summed E-state index contributed by atoms with van der Waals surface area (Å²) in [5.41, 5.74) is 0.431. The van der Waals surface area contributed by atoms with Crippen molar-refractivity contribution in [3.63, 3.8) is 0 Å². The molecule has 0 saturated carbocycles. The third-order valence-electron chi connectivity index (χ3n) is 2.40. The zero-order chi connectivity index (χ0) is 12.1. The van der Waals surface area contributed by atoms with Gasteiger partial charge in [-0.15, -0.1) is 0 Å². The fourth-order valence-electron chi connectivity index (χ4n) is 1.32. The maximum Gasteiger partial charge on any atom is 0.333 e. The average Bonchev–Trinajstić information content (AvgIpc) is 2.63. The van der Waals surface area contributed by atoms with Crippen LogP contribution < -0.4 is 0 Å². The molecule has 1 aromatic rings. The van der Waals surface area contributed by atoms with Crippen molar-refractivity contribution in [3.8, 4) is 0 Å². The molecule has 4 heteroatoms. The van der Waals surface area contributed by atoms with Crippen LogP contribution in [0.5, 0.6) is 0 Å². The van der Waals surface area contributed by atoms with E-state index in [1.54, 1.807) is 13.1 Å². The summed E-state index contributed by atoms with van der Waals surface area (Å²) in [6.07, 6.45) is 4.27. The van der Waals surface area contributed by atoms with Crippen LogP contribution in [0, 0.1) is 6.92 Å². The van der Waals surface area contributed by atoms with Gasteiger partial charge in [-0.2, -0.15) is 0 Å². The summed E-state index contributed by atoms with van der Waals surface area (Å²) in [6.45, 7) is 9.77. The smallest absolute Gasteiger partial charge is 0.333 e. The van der Waals surface area contributed by atoms with E-state index in [0.29, 0.717) is 12.1 Å². The molecule has 16 heavy (non-hydrogen) atoms. The number of aryl methyl sites for hydroxylation is 1. The Kier molecular flexibility index (Phi) is 4.28. The standard InChI is InChI=1S/C12H18N2O2/c1-5-11(16-12(15)9(2)3)8-14-7-6-13-10(14)4/h6-7,11H,2,5,8H2,1,3-4H3. The quantitative estimate of drug-likeness (QED) is 0.566. The zero-order valence-corrected chi connectivity index (χ0v) is 10.1. The highest BCUT2D eigenvalue weighted by molar-refractivity contribution is 5.87. The van der Waals surface area contributed by atoms with Gasteiger partial charge in [-0.05, 0) is 20.3 Å². The lowest BCUT2D eigenvalue weighted by molar-refractivity contribution is -0.145. The Morgan fingerprint density at radius 2 is 2.38 bits per heavy atom. The van der Waals surface area contributed by atoms with Crippen molar-refractivity contribution in [2.45, 2.75) is 39.8 Å². The highest BCUT2D eigenvalue weighted by Gasteiger charge is 2.14. The summed E-state index contributed by atoms with van der Waals surface area (Å²) < 4.78 is 7.27. The Bertz CT molecular complexity index is 382.